The Hall–Kier alpha value is 0. The molecular weight excluding hydrogens is 276 g/mol. The van der Waals surface area contributed by atoms with Crippen LogP contribution in [0.4, 0.5) is 0 Å². The zero-order valence-corrected chi connectivity index (χ0v) is 16.0. The van der Waals surface area contributed by atoms with E-state index in [4.69, 9.17) is 0 Å². The van der Waals surface area contributed by atoms with E-state index in [2.05, 4.69) is 20.8 Å². The predicted molar refractivity (Wildman–Crippen MR) is 99.3 cm³/mol. The van der Waals surface area contributed by atoms with Crippen molar-refractivity contribution in [2.45, 2.75) is 97.8 Å². The maximum atomic E-state index is 2.70. The first-order valence-electron chi connectivity index (χ1n) is 11.1. The second-order valence-corrected chi connectivity index (χ2v) is 10.2. The first kappa shape index (κ1) is 16.5. The van der Waals surface area contributed by atoms with Crippen LogP contribution in [0.25, 0.3) is 0 Å². The summed E-state index contributed by atoms with van der Waals surface area (Å²) in [4.78, 5) is 0. The van der Waals surface area contributed by atoms with Gasteiger partial charge in [0, 0.05) is 0 Å². The van der Waals surface area contributed by atoms with Crippen molar-refractivity contribution in [3.63, 3.8) is 0 Å². The molecule has 4 fully saturated rings. The molecule has 0 aliphatic heterocycles. The van der Waals surface area contributed by atoms with E-state index >= 15 is 0 Å². The van der Waals surface area contributed by atoms with Crippen molar-refractivity contribution in [3.05, 3.63) is 0 Å². The molecule has 0 radical (unpaired) electrons. The first-order chi connectivity index (χ1) is 11.1. The highest BCUT2D eigenvalue weighted by Gasteiger charge is 2.52. The van der Waals surface area contributed by atoms with Crippen LogP contribution in [0.15, 0.2) is 0 Å². The van der Waals surface area contributed by atoms with Crippen LogP contribution in [0.3, 0.4) is 0 Å². The van der Waals surface area contributed by atoms with Gasteiger partial charge in [-0.05, 0) is 91.8 Å². The molecule has 0 spiro atoms. The lowest BCUT2D eigenvalue weighted by atomic mass is 9.50. The molecule has 0 saturated heterocycles. The van der Waals surface area contributed by atoms with Gasteiger partial charge in [0.1, 0.15) is 0 Å². The zero-order valence-electron chi connectivity index (χ0n) is 16.0. The summed E-state index contributed by atoms with van der Waals surface area (Å²) in [5.74, 6) is 7.47. The van der Waals surface area contributed by atoms with Gasteiger partial charge >= 0.3 is 0 Å². The molecule has 0 aromatic rings. The Labute approximate surface area is 145 Å². The molecular formula is C23H40. The van der Waals surface area contributed by atoms with Crippen LogP contribution < -0.4 is 0 Å². The molecule has 0 aromatic carbocycles. The Morgan fingerprint density at radius 2 is 1.35 bits per heavy atom. The fourth-order valence-corrected chi connectivity index (χ4v) is 8.31. The molecule has 0 heterocycles. The van der Waals surface area contributed by atoms with Crippen molar-refractivity contribution >= 4 is 0 Å². The fraction of sp³-hybridized carbons (Fsp3) is 1.00. The van der Waals surface area contributed by atoms with Gasteiger partial charge in [0.25, 0.3) is 0 Å². The standard InChI is InChI=1S/C23H40/c1-16(2)23(14-5-4-6-15-23)17(3)20-13-12-19-11-10-18-8-7-9-21(20)22(18)19/h16-22H,4-15H2,1-3H3. The van der Waals surface area contributed by atoms with E-state index in [9.17, 15) is 0 Å². The Morgan fingerprint density at radius 1 is 0.696 bits per heavy atom. The minimum Gasteiger partial charge on any atom is -0.0622 e. The molecule has 0 aromatic heterocycles. The van der Waals surface area contributed by atoms with Gasteiger partial charge in [0.2, 0.25) is 0 Å². The van der Waals surface area contributed by atoms with Crippen LogP contribution in [-0.4, -0.2) is 0 Å². The predicted octanol–water partition coefficient (Wildman–Crippen LogP) is 7.08. The minimum atomic E-state index is 0.682. The molecule has 0 nitrogen and oxygen atoms in total. The summed E-state index contributed by atoms with van der Waals surface area (Å²) in [7, 11) is 0. The number of hydrogen-bond acceptors (Lipinski definition) is 0. The smallest absolute Gasteiger partial charge is 0.0246 e. The van der Waals surface area contributed by atoms with Gasteiger partial charge in [-0.3, -0.25) is 0 Å². The van der Waals surface area contributed by atoms with E-state index in [1.54, 1.807) is 44.9 Å². The Balaban J connectivity index is 1.58. The second-order valence-electron chi connectivity index (χ2n) is 10.2. The lowest BCUT2D eigenvalue weighted by Gasteiger charge is -2.55. The monoisotopic (exact) mass is 316 g/mol. The van der Waals surface area contributed by atoms with E-state index in [1.165, 1.54) is 32.1 Å². The van der Waals surface area contributed by atoms with Crippen LogP contribution in [0, 0.1) is 46.8 Å². The molecule has 4 aliphatic carbocycles. The summed E-state index contributed by atoms with van der Waals surface area (Å²) >= 11 is 0. The van der Waals surface area contributed by atoms with Crippen LogP contribution in [0.5, 0.6) is 0 Å². The lowest BCUT2D eigenvalue weighted by molar-refractivity contribution is -0.0540. The van der Waals surface area contributed by atoms with Gasteiger partial charge in [-0.15, -0.1) is 0 Å². The van der Waals surface area contributed by atoms with Crippen molar-refractivity contribution in [1.29, 1.82) is 0 Å². The van der Waals surface area contributed by atoms with Crippen molar-refractivity contribution < 1.29 is 0 Å². The van der Waals surface area contributed by atoms with E-state index in [0.29, 0.717) is 5.41 Å². The molecule has 0 bridgehead atoms. The van der Waals surface area contributed by atoms with E-state index in [0.717, 1.165) is 41.4 Å². The summed E-state index contributed by atoms with van der Waals surface area (Å²) in [6.07, 6.45) is 18.6. The third kappa shape index (κ3) is 2.62. The molecule has 0 amide bonds. The third-order valence-electron chi connectivity index (χ3n) is 9.51. The van der Waals surface area contributed by atoms with Crippen molar-refractivity contribution in [2.75, 3.05) is 0 Å². The highest BCUT2D eigenvalue weighted by Crippen LogP contribution is 2.61. The van der Waals surface area contributed by atoms with E-state index in [-0.39, 0.29) is 0 Å². The summed E-state index contributed by atoms with van der Waals surface area (Å²) < 4.78 is 0. The summed E-state index contributed by atoms with van der Waals surface area (Å²) in [5.41, 5.74) is 0.682. The highest BCUT2D eigenvalue weighted by atomic mass is 14.6. The van der Waals surface area contributed by atoms with Gasteiger partial charge in [-0.2, -0.15) is 0 Å². The van der Waals surface area contributed by atoms with Gasteiger partial charge < -0.3 is 0 Å². The second kappa shape index (κ2) is 6.38. The Morgan fingerprint density at radius 3 is 2.04 bits per heavy atom. The van der Waals surface area contributed by atoms with Crippen LogP contribution >= 0.6 is 0 Å². The quantitative estimate of drug-likeness (QED) is 0.521. The van der Waals surface area contributed by atoms with Gasteiger partial charge in [0.05, 0.1) is 0 Å². The summed E-state index contributed by atoms with van der Waals surface area (Å²) in [6.45, 7) is 7.80. The topological polar surface area (TPSA) is 0 Å². The third-order valence-corrected chi connectivity index (χ3v) is 9.51. The SMILES string of the molecule is CC(C)C1(C(C)C2CCC3CCC4CCCC2C43)CCCCC1. The molecule has 4 rings (SSSR count). The first-order valence-corrected chi connectivity index (χ1v) is 11.1. The maximum Gasteiger partial charge on any atom is -0.0246 e. The Kier molecular flexibility index (Phi) is 4.57. The van der Waals surface area contributed by atoms with Crippen LogP contribution in [-0.2, 0) is 0 Å². The fourth-order valence-electron chi connectivity index (χ4n) is 8.31. The van der Waals surface area contributed by atoms with Crippen molar-refractivity contribution in [2.24, 2.45) is 46.8 Å². The molecule has 4 saturated carbocycles. The molecule has 6 atom stereocenters. The summed E-state index contributed by atoms with van der Waals surface area (Å²) in [5, 5.41) is 0. The molecule has 4 aliphatic rings. The molecule has 6 unspecified atom stereocenters. The van der Waals surface area contributed by atoms with Crippen LogP contribution in [0.2, 0.25) is 0 Å². The van der Waals surface area contributed by atoms with Crippen LogP contribution in [0.1, 0.15) is 97.8 Å². The highest BCUT2D eigenvalue weighted by molar-refractivity contribution is 5.02. The maximum absolute atomic E-state index is 2.70. The Bertz CT molecular complexity index is 396. The normalized spacial score (nSPS) is 44.1. The lowest BCUT2D eigenvalue weighted by Crippen LogP contribution is -2.47. The zero-order chi connectivity index (χ0) is 16.0. The van der Waals surface area contributed by atoms with E-state index in [1.807, 2.05) is 0 Å². The molecule has 23 heavy (non-hydrogen) atoms. The molecule has 0 N–H and O–H groups in total. The minimum absolute atomic E-state index is 0.682. The van der Waals surface area contributed by atoms with Gasteiger partial charge in [-0.25, -0.2) is 0 Å². The average Bonchev–Trinajstić information content (AvgIpc) is 3.00. The van der Waals surface area contributed by atoms with E-state index < -0.39 is 0 Å². The molecule has 0 heteroatoms. The number of hydrogen-bond donors (Lipinski definition) is 0. The van der Waals surface area contributed by atoms with Gasteiger partial charge in [-0.1, -0.05) is 52.9 Å². The van der Waals surface area contributed by atoms with Crippen molar-refractivity contribution in [1.82, 2.24) is 0 Å². The summed E-state index contributed by atoms with van der Waals surface area (Å²) in [6, 6.07) is 0. The number of rotatable bonds is 3. The average molecular weight is 317 g/mol. The van der Waals surface area contributed by atoms with Gasteiger partial charge in [0.15, 0.2) is 0 Å². The van der Waals surface area contributed by atoms with Crippen molar-refractivity contribution in [3.8, 4) is 0 Å². The largest absolute Gasteiger partial charge is 0.0622 e. The molecule has 132 valence electrons.